The maximum Gasteiger partial charge on any atom is 0.257 e. The number of rotatable bonds is 2. The van der Waals surface area contributed by atoms with Crippen LogP contribution in [0.2, 0.25) is 0 Å². The lowest BCUT2D eigenvalue weighted by Gasteiger charge is -2.32. The Morgan fingerprint density at radius 2 is 1.84 bits per heavy atom. The summed E-state index contributed by atoms with van der Waals surface area (Å²) < 4.78 is 23.0. The van der Waals surface area contributed by atoms with Crippen LogP contribution in [-0.4, -0.2) is 31.1 Å². The molecule has 37 heavy (non-hydrogen) atoms. The first kappa shape index (κ1) is 23.2. The van der Waals surface area contributed by atoms with Crippen molar-refractivity contribution < 1.29 is 8.81 Å². The number of hydrogen-bond acceptors (Lipinski definition) is 6. The highest BCUT2D eigenvalue weighted by Crippen LogP contribution is 2.38. The predicted octanol–water partition coefficient (Wildman–Crippen LogP) is 5.74. The van der Waals surface area contributed by atoms with E-state index >= 15 is 4.39 Å². The SMILES string of the molecule is Cc1nc(C(C)(C)C#Cc2cccc3c2CCCN3c2nc3nnc(C)n3c3cccc(F)c23)oc1C. The summed E-state index contributed by atoms with van der Waals surface area (Å²) in [5, 5.41) is 8.87. The molecule has 0 N–H and O–H groups in total. The van der Waals surface area contributed by atoms with E-state index in [4.69, 9.17) is 9.40 Å². The van der Waals surface area contributed by atoms with Crippen LogP contribution in [0, 0.1) is 38.4 Å². The topological polar surface area (TPSA) is 72.4 Å². The van der Waals surface area contributed by atoms with Crippen LogP contribution in [0.25, 0.3) is 16.7 Å². The fraction of sp³-hybridized carbons (Fsp3) is 0.310. The molecule has 0 fully saturated rings. The van der Waals surface area contributed by atoms with E-state index in [1.807, 2.05) is 52.8 Å². The lowest BCUT2D eigenvalue weighted by molar-refractivity contribution is 0.413. The fourth-order valence-corrected chi connectivity index (χ4v) is 4.95. The number of benzene rings is 2. The van der Waals surface area contributed by atoms with Crippen molar-refractivity contribution in [2.45, 2.75) is 52.9 Å². The first-order chi connectivity index (χ1) is 17.7. The average molecular weight is 495 g/mol. The molecule has 0 atom stereocenters. The van der Waals surface area contributed by atoms with Gasteiger partial charge >= 0.3 is 0 Å². The van der Waals surface area contributed by atoms with Gasteiger partial charge < -0.3 is 9.32 Å². The van der Waals surface area contributed by atoms with Crippen molar-refractivity contribution in [3.05, 3.63) is 76.5 Å². The van der Waals surface area contributed by atoms with Gasteiger partial charge in [0.25, 0.3) is 5.78 Å². The maximum atomic E-state index is 15.3. The van der Waals surface area contributed by atoms with E-state index in [9.17, 15) is 0 Å². The number of oxazole rings is 1. The molecule has 0 saturated heterocycles. The van der Waals surface area contributed by atoms with Gasteiger partial charge in [0.1, 0.15) is 28.6 Å². The number of halogens is 1. The summed E-state index contributed by atoms with van der Waals surface area (Å²) in [5.74, 6) is 9.54. The molecule has 4 heterocycles. The second-order valence-corrected chi connectivity index (χ2v) is 10.0. The molecule has 0 unspecified atom stereocenters. The van der Waals surface area contributed by atoms with Crippen LogP contribution in [-0.2, 0) is 11.8 Å². The van der Waals surface area contributed by atoms with E-state index in [0.29, 0.717) is 40.8 Å². The van der Waals surface area contributed by atoms with Gasteiger partial charge in [0.15, 0.2) is 0 Å². The van der Waals surface area contributed by atoms with Crippen LogP contribution < -0.4 is 4.90 Å². The number of hydrogen-bond donors (Lipinski definition) is 0. The molecular weight excluding hydrogens is 467 g/mol. The zero-order valence-corrected chi connectivity index (χ0v) is 21.6. The lowest BCUT2D eigenvalue weighted by Crippen LogP contribution is -2.26. The van der Waals surface area contributed by atoms with E-state index in [1.54, 1.807) is 10.5 Å². The van der Waals surface area contributed by atoms with Crippen LogP contribution in [0.3, 0.4) is 0 Å². The number of aromatic nitrogens is 5. The third kappa shape index (κ3) is 3.73. The molecule has 2 aromatic carbocycles. The van der Waals surface area contributed by atoms with E-state index < -0.39 is 5.41 Å². The molecule has 7 nitrogen and oxygen atoms in total. The van der Waals surface area contributed by atoms with Gasteiger partial charge in [-0.05, 0) is 77.3 Å². The molecule has 1 aliphatic heterocycles. The Kier molecular flexibility index (Phi) is 5.27. The summed E-state index contributed by atoms with van der Waals surface area (Å²) in [6.45, 7) is 10.4. The summed E-state index contributed by atoms with van der Waals surface area (Å²) in [6.07, 6.45) is 1.77. The second kappa shape index (κ2) is 8.41. The molecule has 0 spiro atoms. The van der Waals surface area contributed by atoms with Crippen molar-refractivity contribution >= 4 is 28.2 Å². The third-order valence-electron chi connectivity index (χ3n) is 7.05. The summed E-state index contributed by atoms with van der Waals surface area (Å²) in [5.41, 5.74) is 4.08. The van der Waals surface area contributed by atoms with E-state index in [0.717, 1.165) is 41.1 Å². The highest BCUT2D eigenvalue weighted by molar-refractivity contribution is 5.94. The lowest BCUT2D eigenvalue weighted by atomic mass is 9.92. The van der Waals surface area contributed by atoms with Crippen LogP contribution in [0.5, 0.6) is 0 Å². The minimum Gasteiger partial charge on any atom is -0.444 e. The van der Waals surface area contributed by atoms with Crippen LogP contribution in [0.4, 0.5) is 15.9 Å². The Bertz CT molecular complexity index is 1730. The normalized spacial score (nSPS) is 13.6. The average Bonchev–Trinajstić information content (AvgIpc) is 3.44. The van der Waals surface area contributed by atoms with Gasteiger partial charge in [-0.25, -0.2) is 9.37 Å². The van der Waals surface area contributed by atoms with Gasteiger partial charge in [-0.3, -0.25) is 4.40 Å². The van der Waals surface area contributed by atoms with Crippen LogP contribution in [0.15, 0.2) is 40.8 Å². The van der Waals surface area contributed by atoms with Crippen LogP contribution >= 0.6 is 0 Å². The standard InChI is InChI=1S/C29H27FN6O/c1-17-18(2)37-27(31-17)29(4,5)15-14-20-9-6-12-23-21(20)10-8-16-35(23)26-25-22(30)11-7-13-24(25)36-19(3)33-34-28(36)32-26/h6-7,9,11-13H,8,10,16H2,1-5H3. The van der Waals surface area contributed by atoms with Crippen molar-refractivity contribution in [3.8, 4) is 11.8 Å². The first-order valence-electron chi connectivity index (χ1n) is 12.4. The largest absolute Gasteiger partial charge is 0.444 e. The smallest absolute Gasteiger partial charge is 0.257 e. The van der Waals surface area contributed by atoms with Crippen molar-refractivity contribution in [2.24, 2.45) is 0 Å². The monoisotopic (exact) mass is 494 g/mol. The van der Waals surface area contributed by atoms with Crippen molar-refractivity contribution in [2.75, 3.05) is 11.4 Å². The molecule has 0 bridgehead atoms. The molecule has 0 saturated carbocycles. The molecule has 6 rings (SSSR count). The molecule has 186 valence electrons. The predicted molar refractivity (Wildman–Crippen MR) is 141 cm³/mol. The minimum atomic E-state index is -0.548. The number of anilines is 2. The van der Waals surface area contributed by atoms with Gasteiger partial charge in [0.2, 0.25) is 5.89 Å². The summed E-state index contributed by atoms with van der Waals surface area (Å²) >= 11 is 0. The Labute approximate surface area is 214 Å². The first-order valence-corrected chi connectivity index (χ1v) is 12.4. The van der Waals surface area contributed by atoms with E-state index in [2.05, 4.69) is 38.0 Å². The van der Waals surface area contributed by atoms with Gasteiger partial charge in [-0.1, -0.05) is 24.0 Å². The van der Waals surface area contributed by atoms with E-state index in [1.165, 1.54) is 6.07 Å². The minimum absolute atomic E-state index is 0.323. The van der Waals surface area contributed by atoms with Crippen molar-refractivity contribution in [1.29, 1.82) is 0 Å². The molecule has 0 aliphatic carbocycles. The molecule has 1 aliphatic rings. The summed E-state index contributed by atoms with van der Waals surface area (Å²) in [7, 11) is 0. The Morgan fingerprint density at radius 1 is 1.03 bits per heavy atom. The molecule has 0 radical (unpaired) electrons. The fourth-order valence-electron chi connectivity index (χ4n) is 4.95. The van der Waals surface area contributed by atoms with Gasteiger partial charge in [-0.15, -0.1) is 10.2 Å². The second-order valence-electron chi connectivity index (χ2n) is 10.0. The highest BCUT2D eigenvalue weighted by Gasteiger charge is 2.27. The Hall–Kier alpha value is -4.25. The molecular formula is C29H27FN6O. The summed E-state index contributed by atoms with van der Waals surface area (Å²) in [4.78, 5) is 11.4. The van der Waals surface area contributed by atoms with E-state index in [-0.39, 0.29) is 5.82 Å². The zero-order chi connectivity index (χ0) is 25.9. The van der Waals surface area contributed by atoms with Crippen molar-refractivity contribution in [3.63, 3.8) is 0 Å². The Morgan fingerprint density at radius 3 is 2.62 bits per heavy atom. The number of aryl methyl sites for hydroxylation is 3. The quantitative estimate of drug-likeness (QED) is 0.291. The third-order valence-corrected chi connectivity index (χ3v) is 7.05. The maximum absolute atomic E-state index is 15.3. The molecule has 5 aromatic rings. The number of fused-ring (bicyclic) bond motifs is 4. The van der Waals surface area contributed by atoms with Gasteiger partial charge in [-0.2, -0.15) is 4.98 Å². The highest BCUT2D eigenvalue weighted by atomic mass is 19.1. The molecule has 0 amide bonds. The summed E-state index contributed by atoms with van der Waals surface area (Å²) in [6, 6.07) is 11.1. The van der Waals surface area contributed by atoms with Gasteiger partial charge in [0, 0.05) is 17.8 Å². The number of nitrogens with zero attached hydrogens (tertiary/aromatic N) is 6. The van der Waals surface area contributed by atoms with Crippen LogP contribution in [0.1, 0.15) is 54.6 Å². The molecule has 3 aromatic heterocycles. The Balaban J connectivity index is 1.48. The van der Waals surface area contributed by atoms with Crippen molar-refractivity contribution in [1.82, 2.24) is 24.6 Å². The zero-order valence-electron chi connectivity index (χ0n) is 21.6. The van der Waals surface area contributed by atoms with Gasteiger partial charge in [0.05, 0.1) is 16.6 Å². The molecule has 8 heteroatoms.